The smallest absolute Gasteiger partial charge is 0.364 e. The number of hydrogen-bond donors (Lipinski definition) is 0. The average Bonchev–Trinajstić information content (AvgIpc) is 2.49. The van der Waals surface area contributed by atoms with E-state index in [0.717, 1.165) is 44.4 Å². The molecule has 0 atom stereocenters. The number of fused-ring (bicyclic) bond motifs is 3. The van der Waals surface area contributed by atoms with Gasteiger partial charge in [0, 0.05) is 0 Å². The summed E-state index contributed by atoms with van der Waals surface area (Å²) in [7, 11) is 0. The van der Waals surface area contributed by atoms with E-state index in [1.165, 1.54) is 0 Å². The number of rotatable bonds is 6. The Balaban J connectivity index is 2.08. The fraction of sp³-hybridized carbons (Fsp3) is 0.786. The standard InChI is InChI=1S/C14H20BrNO4/c1-2-19-13(18)12(11(17)9-15)16-20-14-6-3-10(4-7-14)5-8-14/h10H,2-9H2,1H3/b16-12+. The number of alkyl halides is 1. The van der Waals surface area contributed by atoms with Crippen LogP contribution >= 0.6 is 15.9 Å². The Hall–Kier alpha value is -0.910. The molecule has 3 fully saturated rings. The van der Waals surface area contributed by atoms with Gasteiger partial charge in [0.1, 0.15) is 5.60 Å². The third-order valence-electron chi connectivity index (χ3n) is 4.21. The van der Waals surface area contributed by atoms with Crippen LogP contribution < -0.4 is 0 Å². The molecular formula is C14H20BrNO4. The zero-order valence-electron chi connectivity index (χ0n) is 11.7. The normalized spacial score (nSPS) is 29.1. The maximum atomic E-state index is 11.7. The SMILES string of the molecule is CCOC(=O)/C(=N/OC12CCC(CC1)CC2)C(=O)CBr. The molecular weight excluding hydrogens is 326 g/mol. The first-order chi connectivity index (χ1) is 9.60. The highest BCUT2D eigenvalue weighted by Crippen LogP contribution is 2.46. The van der Waals surface area contributed by atoms with Crippen molar-refractivity contribution < 1.29 is 19.2 Å². The van der Waals surface area contributed by atoms with Crippen LogP contribution in [-0.4, -0.2) is 35.0 Å². The van der Waals surface area contributed by atoms with E-state index < -0.39 is 11.8 Å². The second kappa shape index (κ2) is 6.70. The Morgan fingerprint density at radius 2 is 1.85 bits per heavy atom. The summed E-state index contributed by atoms with van der Waals surface area (Å²) in [6.45, 7) is 1.90. The summed E-state index contributed by atoms with van der Waals surface area (Å²) in [5.74, 6) is -0.305. The van der Waals surface area contributed by atoms with Crippen LogP contribution in [0.25, 0.3) is 0 Å². The van der Waals surface area contributed by atoms with Crippen LogP contribution in [0.3, 0.4) is 0 Å². The number of esters is 1. The Morgan fingerprint density at radius 3 is 2.35 bits per heavy atom. The number of hydrogen-bond acceptors (Lipinski definition) is 5. The van der Waals surface area contributed by atoms with E-state index in [4.69, 9.17) is 9.57 Å². The molecule has 0 aromatic heterocycles. The number of Topliss-reactive ketones (excluding diaryl/α,β-unsaturated/α-hetero) is 1. The summed E-state index contributed by atoms with van der Waals surface area (Å²) >= 11 is 3.05. The van der Waals surface area contributed by atoms with Crippen molar-refractivity contribution in [2.24, 2.45) is 11.1 Å². The molecule has 0 aliphatic heterocycles. The molecule has 3 rings (SSSR count). The van der Waals surface area contributed by atoms with Gasteiger partial charge in [0.25, 0.3) is 0 Å². The van der Waals surface area contributed by atoms with Crippen LogP contribution in [-0.2, 0) is 19.2 Å². The lowest BCUT2D eigenvalue weighted by atomic mass is 9.68. The van der Waals surface area contributed by atoms with Crippen molar-refractivity contribution in [2.75, 3.05) is 11.9 Å². The molecule has 0 radical (unpaired) electrons. The van der Waals surface area contributed by atoms with Gasteiger partial charge in [-0.3, -0.25) is 4.79 Å². The summed E-state index contributed by atoms with van der Waals surface area (Å²) < 4.78 is 4.85. The Labute approximate surface area is 127 Å². The van der Waals surface area contributed by atoms with Crippen molar-refractivity contribution >= 4 is 33.4 Å². The van der Waals surface area contributed by atoms with Crippen LogP contribution in [0.5, 0.6) is 0 Å². The van der Waals surface area contributed by atoms with E-state index >= 15 is 0 Å². The monoisotopic (exact) mass is 345 g/mol. The third-order valence-corrected chi connectivity index (χ3v) is 4.72. The first-order valence-electron chi connectivity index (χ1n) is 7.12. The Bertz CT molecular complexity index is 400. The van der Waals surface area contributed by atoms with Crippen LogP contribution in [0.15, 0.2) is 5.16 Å². The highest BCUT2D eigenvalue weighted by atomic mass is 79.9. The van der Waals surface area contributed by atoms with Gasteiger partial charge in [0.05, 0.1) is 11.9 Å². The van der Waals surface area contributed by atoms with E-state index in [0.29, 0.717) is 0 Å². The van der Waals surface area contributed by atoms with Crippen molar-refractivity contribution in [3.05, 3.63) is 0 Å². The van der Waals surface area contributed by atoms with Gasteiger partial charge in [-0.1, -0.05) is 21.1 Å². The molecule has 3 saturated carbocycles. The first-order valence-corrected chi connectivity index (χ1v) is 8.25. The maximum absolute atomic E-state index is 11.7. The molecule has 0 saturated heterocycles. The van der Waals surface area contributed by atoms with Crippen molar-refractivity contribution in [1.82, 2.24) is 0 Å². The number of ether oxygens (including phenoxy) is 1. The van der Waals surface area contributed by atoms with Gasteiger partial charge in [0.15, 0.2) is 0 Å². The largest absolute Gasteiger partial charge is 0.461 e. The number of halogens is 1. The van der Waals surface area contributed by atoms with Gasteiger partial charge >= 0.3 is 5.97 Å². The summed E-state index contributed by atoms with van der Waals surface area (Å²) in [5.41, 5.74) is -0.523. The van der Waals surface area contributed by atoms with Crippen LogP contribution in [0, 0.1) is 5.92 Å². The van der Waals surface area contributed by atoms with Crippen molar-refractivity contribution in [1.29, 1.82) is 0 Å². The minimum absolute atomic E-state index is 0.0308. The zero-order chi connectivity index (χ0) is 14.6. The molecule has 5 nitrogen and oxygen atoms in total. The molecule has 0 amide bonds. The van der Waals surface area contributed by atoms with Gasteiger partial charge in [0.2, 0.25) is 11.5 Å². The van der Waals surface area contributed by atoms with E-state index in [1.54, 1.807) is 6.92 Å². The molecule has 0 unspecified atom stereocenters. The topological polar surface area (TPSA) is 65.0 Å². The predicted molar refractivity (Wildman–Crippen MR) is 77.9 cm³/mol. The number of oxime groups is 1. The van der Waals surface area contributed by atoms with Gasteiger partial charge in [-0.2, -0.15) is 0 Å². The predicted octanol–water partition coefficient (Wildman–Crippen LogP) is 2.61. The van der Waals surface area contributed by atoms with Crippen molar-refractivity contribution in [3.63, 3.8) is 0 Å². The molecule has 112 valence electrons. The van der Waals surface area contributed by atoms with Gasteiger partial charge < -0.3 is 9.57 Å². The lowest BCUT2D eigenvalue weighted by molar-refractivity contribution is -0.137. The lowest BCUT2D eigenvalue weighted by Crippen LogP contribution is -2.42. The summed E-state index contributed by atoms with van der Waals surface area (Å²) in [6, 6.07) is 0. The number of carbonyl (C=O) groups excluding carboxylic acids is 2. The van der Waals surface area contributed by atoms with Gasteiger partial charge in [-0.15, -0.1) is 0 Å². The quantitative estimate of drug-likeness (QED) is 0.244. The molecule has 0 heterocycles. The van der Waals surface area contributed by atoms with Crippen LogP contribution in [0.1, 0.15) is 45.4 Å². The molecule has 0 N–H and O–H groups in total. The highest BCUT2D eigenvalue weighted by Gasteiger charge is 2.43. The zero-order valence-corrected chi connectivity index (χ0v) is 13.3. The molecule has 6 heteroatoms. The van der Waals surface area contributed by atoms with E-state index in [-0.39, 0.29) is 23.2 Å². The number of ketones is 1. The summed E-state index contributed by atoms with van der Waals surface area (Å²) in [5, 5.41) is 3.90. The minimum Gasteiger partial charge on any atom is -0.461 e. The van der Waals surface area contributed by atoms with Crippen LogP contribution in [0.2, 0.25) is 0 Å². The van der Waals surface area contributed by atoms with Crippen molar-refractivity contribution in [3.8, 4) is 0 Å². The van der Waals surface area contributed by atoms with Gasteiger partial charge in [-0.05, 0) is 51.4 Å². The number of carbonyl (C=O) groups is 2. The summed E-state index contributed by atoms with van der Waals surface area (Å²) in [4.78, 5) is 29.1. The van der Waals surface area contributed by atoms with E-state index in [9.17, 15) is 9.59 Å². The molecule has 20 heavy (non-hydrogen) atoms. The Kier molecular flexibility index (Phi) is 5.18. The molecule has 3 aliphatic rings. The molecule has 2 bridgehead atoms. The lowest BCUT2D eigenvalue weighted by Gasteiger charge is -2.44. The molecule has 3 aliphatic carbocycles. The van der Waals surface area contributed by atoms with E-state index in [1.807, 2.05) is 0 Å². The Morgan fingerprint density at radius 1 is 1.25 bits per heavy atom. The number of nitrogens with zero attached hydrogens (tertiary/aromatic N) is 1. The maximum Gasteiger partial charge on any atom is 0.364 e. The fourth-order valence-electron chi connectivity index (χ4n) is 2.95. The fourth-order valence-corrected chi connectivity index (χ4v) is 3.22. The van der Waals surface area contributed by atoms with Crippen LogP contribution in [0.4, 0.5) is 0 Å². The second-order valence-corrected chi connectivity index (χ2v) is 6.03. The van der Waals surface area contributed by atoms with E-state index in [2.05, 4.69) is 21.1 Å². The average molecular weight is 346 g/mol. The third kappa shape index (κ3) is 3.40. The first kappa shape index (κ1) is 15.5. The minimum atomic E-state index is -0.710. The molecule has 0 spiro atoms. The molecule has 0 aromatic rings. The highest BCUT2D eigenvalue weighted by molar-refractivity contribution is 9.09. The summed E-state index contributed by atoms with van der Waals surface area (Å²) in [6.07, 6.45) is 6.32. The second-order valence-electron chi connectivity index (χ2n) is 5.47. The van der Waals surface area contributed by atoms with Crippen molar-refractivity contribution in [2.45, 2.75) is 51.0 Å². The van der Waals surface area contributed by atoms with Gasteiger partial charge in [-0.25, -0.2) is 4.79 Å². The molecule has 0 aromatic carbocycles.